The van der Waals surface area contributed by atoms with Gasteiger partial charge in [-0.2, -0.15) is 0 Å². The molecule has 0 radical (unpaired) electrons. The first-order valence-corrected chi connectivity index (χ1v) is 6.99. The fourth-order valence-corrected chi connectivity index (χ4v) is 2.13. The molecule has 0 saturated carbocycles. The van der Waals surface area contributed by atoms with E-state index in [-0.39, 0.29) is 18.9 Å². The molecule has 1 aromatic carbocycles. The third-order valence-electron chi connectivity index (χ3n) is 3.37. The van der Waals surface area contributed by atoms with Gasteiger partial charge in [0.15, 0.2) is 0 Å². The van der Waals surface area contributed by atoms with Crippen molar-refractivity contribution in [3.8, 4) is 5.69 Å². The monoisotopic (exact) mass is 302 g/mol. The van der Waals surface area contributed by atoms with E-state index >= 15 is 0 Å². The Morgan fingerprint density at radius 2 is 1.95 bits per heavy atom. The normalized spacial score (nSPS) is 10.5. The van der Waals surface area contributed by atoms with Gasteiger partial charge in [-0.25, -0.2) is 4.68 Å². The van der Waals surface area contributed by atoms with Crippen LogP contribution < -0.4 is 0 Å². The molecular weight excluding hydrogens is 284 g/mol. The summed E-state index contributed by atoms with van der Waals surface area (Å²) in [6.07, 6.45) is 0.0415. The third-order valence-corrected chi connectivity index (χ3v) is 3.37. The van der Waals surface area contributed by atoms with E-state index in [0.717, 1.165) is 11.4 Å². The Labute approximate surface area is 128 Å². The summed E-state index contributed by atoms with van der Waals surface area (Å²) in [5.74, 6) is -1.30. The van der Waals surface area contributed by atoms with E-state index < -0.39 is 5.97 Å². The van der Waals surface area contributed by atoms with Crippen LogP contribution in [0.25, 0.3) is 5.69 Å². The minimum absolute atomic E-state index is 0.0415. The van der Waals surface area contributed by atoms with E-state index in [9.17, 15) is 9.59 Å². The molecule has 1 heterocycles. The van der Waals surface area contributed by atoms with Crippen LogP contribution in [-0.4, -0.2) is 50.0 Å². The van der Waals surface area contributed by atoms with Gasteiger partial charge < -0.3 is 10.0 Å². The molecule has 0 aliphatic heterocycles. The third kappa shape index (κ3) is 3.49. The second-order valence-corrected chi connectivity index (χ2v) is 4.85. The molecule has 0 saturated heterocycles. The molecule has 1 amide bonds. The van der Waals surface area contributed by atoms with Crippen molar-refractivity contribution in [3.05, 3.63) is 41.7 Å². The SMILES string of the molecule is CCN(CC(=O)O)C(=O)Cc1nnn(-c2ccccc2)c1C. The average molecular weight is 302 g/mol. The lowest BCUT2D eigenvalue weighted by Gasteiger charge is -2.17. The molecule has 1 N–H and O–H groups in total. The fraction of sp³-hybridized carbons (Fsp3) is 0.333. The molecule has 0 aliphatic carbocycles. The Kier molecular flexibility index (Phi) is 4.88. The molecule has 7 nitrogen and oxygen atoms in total. The first-order valence-electron chi connectivity index (χ1n) is 6.99. The number of carboxylic acid groups (broad SMARTS) is 1. The maximum Gasteiger partial charge on any atom is 0.323 e. The van der Waals surface area contributed by atoms with Crippen LogP contribution in [0.5, 0.6) is 0 Å². The number of carboxylic acids is 1. The highest BCUT2D eigenvalue weighted by molar-refractivity contribution is 5.82. The standard InChI is InChI=1S/C15H18N4O3/c1-3-18(10-15(21)22)14(20)9-13-11(2)19(17-16-13)12-7-5-4-6-8-12/h4-8H,3,9-10H2,1-2H3,(H,21,22). The number of carbonyl (C=O) groups excluding carboxylic acids is 1. The van der Waals surface area contributed by atoms with E-state index in [1.165, 1.54) is 4.90 Å². The summed E-state index contributed by atoms with van der Waals surface area (Å²) in [7, 11) is 0. The van der Waals surface area contributed by atoms with Gasteiger partial charge in [0.1, 0.15) is 6.54 Å². The van der Waals surface area contributed by atoms with Gasteiger partial charge in [0.2, 0.25) is 5.91 Å². The molecule has 7 heteroatoms. The zero-order valence-electron chi connectivity index (χ0n) is 12.6. The molecule has 116 valence electrons. The van der Waals surface area contributed by atoms with Gasteiger partial charge in [-0.3, -0.25) is 9.59 Å². The predicted molar refractivity (Wildman–Crippen MR) is 79.7 cm³/mol. The molecule has 0 aliphatic rings. The van der Waals surface area contributed by atoms with Crippen molar-refractivity contribution < 1.29 is 14.7 Å². The smallest absolute Gasteiger partial charge is 0.323 e. The lowest BCUT2D eigenvalue weighted by Crippen LogP contribution is -2.36. The van der Waals surface area contributed by atoms with Crippen LogP contribution in [0.2, 0.25) is 0 Å². The summed E-state index contributed by atoms with van der Waals surface area (Å²) < 4.78 is 1.66. The Morgan fingerprint density at radius 3 is 2.55 bits per heavy atom. The topological polar surface area (TPSA) is 88.3 Å². The van der Waals surface area contributed by atoms with Crippen LogP contribution in [0.3, 0.4) is 0 Å². The van der Waals surface area contributed by atoms with Crippen molar-refractivity contribution in [1.29, 1.82) is 0 Å². The lowest BCUT2D eigenvalue weighted by atomic mass is 10.2. The number of rotatable bonds is 6. The second-order valence-electron chi connectivity index (χ2n) is 4.85. The highest BCUT2D eigenvalue weighted by Gasteiger charge is 2.19. The van der Waals surface area contributed by atoms with Gasteiger partial charge in [0, 0.05) is 6.54 Å². The zero-order chi connectivity index (χ0) is 16.1. The van der Waals surface area contributed by atoms with Crippen molar-refractivity contribution in [2.75, 3.05) is 13.1 Å². The first kappa shape index (κ1) is 15.7. The number of aliphatic carboxylic acids is 1. The maximum absolute atomic E-state index is 12.2. The Morgan fingerprint density at radius 1 is 1.27 bits per heavy atom. The van der Waals surface area contributed by atoms with Crippen molar-refractivity contribution in [1.82, 2.24) is 19.9 Å². The molecule has 2 rings (SSSR count). The van der Waals surface area contributed by atoms with Gasteiger partial charge in [-0.15, -0.1) is 5.10 Å². The van der Waals surface area contributed by atoms with Gasteiger partial charge in [-0.1, -0.05) is 23.4 Å². The van der Waals surface area contributed by atoms with Gasteiger partial charge >= 0.3 is 5.97 Å². The number of amides is 1. The molecular formula is C15H18N4O3. The van der Waals surface area contributed by atoms with E-state index in [0.29, 0.717) is 12.2 Å². The average Bonchev–Trinajstić information content (AvgIpc) is 2.86. The number of nitrogens with zero attached hydrogens (tertiary/aromatic N) is 4. The second kappa shape index (κ2) is 6.84. The van der Waals surface area contributed by atoms with E-state index in [1.54, 1.807) is 11.6 Å². The molecule has 0 unspecified atom stereocenters. The van der Waals surface area contributed by atoms with Crippen LogP contribution in [0.15, 0.2) is 30.3 Å². The quantitative estimate of drug-likeness (QED) is 0.861. The number of benzene rings is 1. The minimum Gasteiger partial charge on any atom is -0.480 e. The maximum atomic E-state index is 12.2. The number of para-hydroxylation sites is 1. The van der Waals surface area contributed by atoms with Gasteiger partial charge in [-0.05, 0) is 26.0 Å². The van der Waals surface area contributed by atoms with E-state index in [2.05, 4.69) is 10.3 Å². The Hall–Kier alpha value is -2.70. The summed E-state index contributed by atoms with van der Waals surface area (Å²) >= 11 is 0. The fourth-order valence-electron chi connectivity index (χ4n) is 2.13. The number of hydrogen-bond donors (Lipinski definition) is 1. The van der Waals surface area contributed by atoms with Crippen LogP contribution in [0.4, 0.5) is 0 Å². The Balaban J connectivity index is 2.16. The van der Waals surface area contributed by atoms with Crippen LogP contribution >= 0.6 is 0 Å². The van der Waals surface area contributed by atoms with Crippen molar-refractivity contribution in [2.45, 2.75) is 20.3 Å². The molecule has 0 bridgehead atoms. The highest BCUT2D eigenvalue weighted by atomic mass is 16.4. The van der Waals surface area contributed by atoms with Crippen LogP contribution in [0.1, 0.15) is 18.3 Å². The molecule has 0 fully saturated rings. The van der Waals surface area contributed by atoms with Crippen molar-refractivity contribution in [2.24, 2.45) is 0 Å². The van der Waals surface area contributed by atoms with E-state index in [4.69, 9.17) is 5.11 Å². The van der Waals surface area contributed by atoms with Gasteiger partial charge in [0.25, 0.3) is 0 Å². The molecule has 1 aromatic heterocycles. The number of hydrogen-bond acceptors (Lipinski definition) is 4. The first-order chi connectivity index (χ1) is 10.5. The highest BCUT2D eigenvalue weighted by Crippen LogP contribution is 2.12. The molecule has 0 spiro atoms. The summed E-state index contributed by atoms with van der Waals surface area (Å²) in [6, 6.07) is 9.50. The zero-order valence-corrected chi connectivity index (χ0v) is 12.6. The van der Waals surface area contributed by atoms with Gasteiger partial charge in [0.05, 0.1) is 23.5 Å². The number of carbonyl (C=O) groups is 2. The summed E-state index contributed by atoms with van der Waals surface area (Å²) in [6.45, 7) is 3.62. The Bertz CT molecular complexity index is 667. The predicted octanol–water partition coefficient (Wildman–Crippen LogP) is 1.05. The van der Waals surface area contributed by atoms with Crippen LogP contribution in [0, 0.1) is 6.92 Å². The number of aromatic nitrogens is 3. The summed E-state index contributed by atoms with van der Waals surface area (Å²) in [5, 5.41) is 16.9. The van der Waals surface area contributed by atoms with E-state index in [1.807, 2.05) is 37.3 Å². The van der Waals surface area contributed by atoms with Crippen molar-refractivity contribution in [3.63, 3.8) is 0 Å². The van der Waals surface area contributed by atoms with Crippen molar-refractivity contribution >= 4 is 11.9 Å². The summed E-state index contributed by atoms with van der Waals surface area (Å²) in [4.78, 5) is 24.2. The minimum atomic E-state index is -1.03. The lowest BCUT2D eigenvalue weighted by molar-refractivity contribution is -0.144. The number of likely N-dealkylation sites (N-methyl/N-ethyl adjacent to an activating group) is 1. The summed E-state index contributed by atoms with van der Waals surface area (Å²) in [5.41, 5.74) is 2.19. The molecule has 22 heavy (non-hydrogen) atoms. The molecule has 0 atom stereocenters. The van der Waals surface area contributed by atoms with Crippen LogP contribution in [-0.2, 0) is 16.0 Å². The molecule has 2 aromatic rings. The largest absolute Gasteiger partial charge is 0.480 e.